The molecule has 4 aromatic rings. The maximum absolute atomic E-state index is 12.9. The van der Waals surface area contributed by atoms with Crippen molar-refractivity contribution in [3.8, 4) is 17.3 Å². The number of amides is 2. The maximum Gasteiger partial charge on any atom is 0.407 e. The van der Waals surface area contributed by atoms with Gasteiger partial charge in [-0.1, -0.05) is 66.7 Å². The summed E-state index contributed by atoms with van der Waals surface area (Å²) in [5.74, 6) is -0.594. The van der Waals surface area contributed by atoms with E-state index in [0.29, 0.717) is 0 Å². The molecule has 1 unspecified atom stereocenters. The molecule has 0 spiro atoms. The van der Waals surface area contributed by atoms with Gasteiger partial charge in [0, 0.05) is 36.5 Å². The molecule has 174 valence electrons. The summed E-state index contributed by atoms with van der Waals surface area (Å²) < 4.78 is 5.63. The van der Waals surface area contributed by atoms with Crippen LogP contribution in [0.15, 0.2) is 79.0 Å². The van der Waals surface area contributed by atoms with Gasteiger partial charge in [-0.15, -0.1) is 0 Å². The molecule has 0 fully saturated rings. The van der Waals surface area contributed by atoms with Crippen LogP contribution >= 0.6 is 0 Å². The highest BCUT2D eigenvalue weighted by molar-refractivity contribution is 5.89. The molecule has 5 rings (SSSR count). The largest absolute Gasteiger partial charge is 0.449 e. The summed E-state index contributed by atoms with van der Waals surface area (Å²) in [7, 11) is 1.38. The normalized spacial score (nSPS) is 12.9. The number of aromatic amines is 1. The van der Waals surface area contributed by atoms with Gasteiger partial charge in [-0.25, -0.2) is 4.79 Å². The molecule has 0 radical (unpaired) electrons. The molecule has 7 heteroatoms. The van der Waals surface area contributed by atoms with Gasteiger partial charge in [0.25, 0.3) is 5.91 Å². The predicted molar refractivity (Wildman–Crippen MR) is 132 cm³/mol. The van der Waals surface area contributed by atoms with E-state index in [0.717, 1.165) is 43.6 Å². The highest BCUT2D eigenvalue weighted by atomic mass is 16.5. The number of nitrogens with zero attached hydrogens (tertiary/aromatic N) is 2. The summed E-state index contributed by atoms with van der Waals surface area (Å²) in [5, 5.41) is 12.9. The molecule has 1 atom stereocenters. The van der Waals surface area contributed by atoms with E-state index in [2.05, 4.69) is 22.4 Å². The Morgan fingerprint density at radius 3 is 2.34 bits per heavy atom. The van der Waals surface area contributed by atoms with E-state index in [9.17, 15) is 14.9 Å². The van der Waals surface area contributed by atoms with E-state index in [1.165, 1.54) is 7.05 Å². The fourth-order valence-corrected chi connectivity index (χ4v) is 4.79. The highest BCUT2D eigenvalue weighted by Crippen LogP contribution is 2.44. The zero-order valence-electron chi connectivity index (χ0n) is 19.2. The lowest BCUT2D eigenvalue weighted by Crippen LogP contribution is -2.47. The van der Waals surface area contributed by atoms with Gasteiger partial charge in [0.05, 0.1) is 0 Å². The van der Waals surface area contributed by atoms with Crippen LogP contribution in [0.25, 0.3) is 22.0 Å². The average molecular weight is 465 g/mol. The van der Waals surface area contributed by atoms with E-state index >= 15 is 0 Å². The number of H-pyrrole nitrogens is 1. The molecule has 3 aromatic carbocycles. The van der Waals surface area contributed by atoms with Gasteiger partial charge in [-0.05, 0) is 33.9 Å². The molecule has 2 N–H and O–H groups in total. The Labute approximate surface area is 202 Å². The van der Waals surface area contributed by atoms with Crippen molar-refractivity contribution in [1.29, 1.82) is 5.26 Å². The second-order valence-corrected chi connectivity index (χ2v) is 8.58. The molecule has 0 bridgehead atoms. The Kier molecular flexibility index (Phi) is 5.94. The van der Waals surface area contributed by atoms with E-state index < -0.39 is 18.0 Å². The molecule has 0 saturated heterocycles. The lowest BCUT2D eigenvalue weighted by Gasteiger charge is -2.21. The molecule has 35 heavy (non-hydrogen) atoms. The van der Waals surface area contributed by atoms with Crippen LogP contribution in [0, 0.1) is 11.5 Å². The maximum atomic E-state index is 12.9. The highest BCUT2D eigenvalue weighted by Gasteiger charge is 2.30. The first kappa shape index (κ1) is 22.2. The third-order valence-electron chi connectivity index (χ3n) is 6.51. The number of aromatic nitrogens is 1. The number of rotatable bonds is 6. The molecule has 1 aromatic heterocycles. The second kappa shape index (κ2) is 9.35. The molecule has 0 aliphatic heterocycles. The van der Waals surface area contributed by atoms with Crippen LogP contribution in [-0.4, -0.2) is 41.6 Å². The molecule has 2 amide bonds. The van der Waals surface area contributed by atoms with E-state index in [1.54, 1.807) is 0 Å². The smallest absolute Gasteiger partial charge is 0.407 e. The monoisotopic (exact) mass is 464 g/mol. The quantitative estimate of drug-likeness (QED) is 0.323. The zero-order valence-corrected chi connectivity index (χ0v) is 19.2. The van der Waals surface area contributed by atoms with Crippen molar-refractivity contribution in [2.45, 2.75) is 18.4 Å². The van der Waals surface area contributed by atoms with Crippen molar-refractivity contribution in [3.05, 3.63) is 95.7 Å². The van der Waals surface area contributed by atoms with E-state index in [1.807, 2.05) is 73.1 Å². The predicted octanol–water partition coefficient (Wildman–Crippen LogP) is 4.56. The van der Waals surface area contributed by atoms with Gasteiger partial charge < -0.3 is 15.0 Å². The number of carbonyl (C=O) groups is 2. The summed E-state index contributed by atoms with van der Waals surface area (Å²) in [6, 6.07) is 23.0. The molecule has 7 nitrogen and oxygen atoms in total. The number of nitriles is 1. The minimum atomic E-state index is -0.950. The first-order valence-electron chi connectivity index (χ1n) is 11.4. The number of nitrogens with one attached hydrogen (secondary N) is 2. The van der Waals surface area contributed by atoms with E-state index in [-0.39, 0.29) is 18.9 Å². The minimum Gasteiger partial charge on any atom is -0.449 e. The number of para-hydroxylation sites is 1. The van der Waals surface area contributed by atoms with Crippen LogP contribution in [0.4, 0.5) is 4.79 Å². The van der Waals surface area contributed by atoms with Crippen molar-refractivity contribution >= 4 is 22.9 Å². The molecule has 0 saturated carbocycles. The van der Waals surface area contributed by atoms with Crippen molar-refractivity contribution in [2.24, 2.45) is 0 Å². The summed E-state index contributed by atoms with van der Waals surface area (Å²) in [5.41, 5.74) is 6.29. The number of fused-ring (bicyclic) bond motifs is 4. The Morgan fingerprint density at radius 2 is 1.66 bits per heavy atom. The number of alkyl carbamates (subject to hydrolysis) is 1. The van der Waals surface area contributed by atoms with Crippen LogP contribution in [-0.2, 0) is 16.0 Å². The van der Waals surface area contributed by atoms with Crippen LogP contribution in [0.1, 0.15) is 22.6 Å². The van der Waals surface area contributed by atoms with Crippen LogP contribution in [0.3, 0.4) is 0 Å². The topological polar surface area (TPSA) is 98.2 Å². The fourth-order valence-electron chi connectivity index (χ4n) is 4.79. The second-order valence-electron chi connectivity index (χ2n) is 8.58. The number of benzene rings is 3. The minimum absolute atomic E-state index is 0.0855. The standard InChI is InChI=1S/C28H24N4O3/c1-32(17-29)27(33)26(14-18-15-30-25-13-7-6-8-19(18)25)31-28(34)35-16-24-22-11-4-2-9-20(22)21-10-3-5-12-23(21)24/h2-13,15,24,26,30H,14,16H2,1H3,(H,31,34). The Balaban J connectivity index is 1.32. The molecular formula is C28H24N4O3. The van der Waals surface area contributed by atoms with Gasteiger partial charge in [-0.3, -0.25) is 9.69 Å². The van der Waals surface area contributed by atoms with Gasteiger partial charge in [0.2, 0.25) is 0 Å². The van der Waals surface area contributed by atoms with Crippen molar-refractivity contribution in [1.82, 2.24) is 15.2 Å². The molecule has 1 heterocycles. The molecular weight excluding hydrogens is 440 g/mol. The summed E-state index contributed by atoms with van der Waals surface area (Å²) in [4.78, 5) is 29.8. The SMILES string of the molecule is CN(C#N)C(=O)C(Cc1c[nH]c2ccccc12)NC(=O)OCC1c2ccccc2-c2ccccc21. The first-order chi connectivity index (χ1) is 17.1. The van der Waals surface area contributed by atoms with Gasteiger partial charge in [0.15, 0.2) is 6.19 Å². The van der Waals surface area contributed by atoms with Crippen molar-refractivity contribution < 1.29 is 14.3 Å². The first-order valence-corrected chi connectivity index (χ1v) is 11.4. The molecule has 1 aliphatic carbocycles. The van der Waals surface area contributed by atoms with Gasteiger partial charge >= 0.3 is 6.09 Å². The summed E-state index contributed by atoms with van der Waals surface area (Å²) in [6.45, 7) is 0.141. The third kappa shape index (κ3) is 4.22. The average Bonchev–Trinajstić information content (AvgIpc) is 3.45. The van der Waals surface area contributed by atoms with Gasteiger partial charge in [0.1, 0.15) is 12.6 Å². The number of ether oxygens (including phenoxy) is 1. The fraction of sp³-hybridized carbons (Fsp3) is 0.179. The van der Waals surface area contributed by atoms with Gasteiger partial charge in [-0.2, -0.15) is 5.26 Å². The van der Waals surface area contributed by atoms with E-state index in [4.69, 9.17) is 4.74 Å². The Bertz CT molecular complexity index is 1410. The van der Waals surface area contributed by atoms with Crippen LogP contribution in [0.5, 0.6) is 0 Å². The van der Waals surface area contributed by atoms with Crippen LogP contribution < -0.4 is 5.32 Å². The summed E-state index contributed by atoms with van der Waals surface area (Å²) in [6.07, 6.45) is 3.16. The zero-order chi connectivity index (χ0) is 24.4. The molecule has 1 aliphatic rings. The summed E-state index contributed by atoms with van der Waals surface area (Å²) >= 11 is 0. The third-order valence-corrected chi connectivity index (χ3v) is 6.51. The van der Waals surface area contributed by atoms with Crippen molar-refractivity contribution in [2.75, 3.05) is 13.7 Å². The number of hydrogen-bond acceptors (Lipinski definition) is 4. The number of carbonyl (C=O) groups excluding carboxylic acids is 2. The number of likely N-dealkylation sites (N-methyl/N-ethyl adjacent to an activating group) is 1. The lowest BCUT2D eigenvalue weighted by atomic mass is 9.98. The van der Waals surface area contributed by atoms with Crippen LogP contribution in [0.2, 0.25) is 0 Å². The Hall–Kier alpha value is -4.57. The number of hydrogen-bond donors (Lipinski definition) is 2. The lowest BCUT2D eigenvalue weighted by molar-refractivity contribution is -0.129. The van der Waals surface area contributed by atoms with Crippen molar-refractivity contribution in [3.63, 3.8) is 0 Å². The Morgan fingerprint density at radius 1 is 1.03 bits per heavy atom.